The molecule has 2 heterocycles. The van der Waals surface area contributed by atoms with E-state index in [4.69, 9.17) is 0 Å². The Labute approximate surface area is 110 Å². The molecule has 0 aromatic carbocycles. The summed E-state index contributed by atoms with van der Waals surface area (Å²) in [5, 5.41) is 0. The molecular weight excluding hydrogens is 306 g/mol. The van der Waals surface area contributed by atoms with Crippen LogP contribution >= 0.6 is 15.9 Å². The first-order chi connectivity index (χ1) is 7.99. The molecule has 0 atom stereocenters. The maximum Gasteiger partial charge on any atom is 0.301 e. The van der Waals surface area contributed by atoms with Crippen LogP contribution < -0.4 is 4.72 Å². The van der Waals surface area contributed by atoms with Gasteiger partial charge < -0.3 is 0 Å². The lowest BCUT2D eigenvalue weighted by atomic mass is 10.3. The minimum atomic E-state index is -3.41. The number of anilines is 1. The Balaban J connectivity index is 2.17. The van der Waals surface area contributed by atoms with E-state index in [-0.39, 0.29) is 0 Å². The molecule has 1 aliphatic rings. The van der Waals surface area contributed by atoms with Crippen LogP contribution in [0, 0.1) is 6.92 Å². The van der Waals surface area contributed by atoms with Crippen molar-refractivity contribution in [2.45, 2.75) is 19.8 Å². The highest BCUT2D eigenvalue weighted by atomic mass is 79.9. The zero-order chi connectivity index (χ0) is 12.5. The Hall–Kier alpha value is -0.660. The van der Waals surface area contributed by atoms with Gasteiger partial charge in [-0.05, 0) is 47.3 Å². The molecule has 0 unspecified atom stereocenters. The summed E-state index contributed by atoms with van der Waals surface area (Å²) >= 11 is 3.28. The van der Waals surface area contributed by atoms with Crippen molar-refractivity contribution in [2.75, 3.05) is 17.8 Å². The summed E-state index contributed by atoms with van der Waals surface area (Å²) in [5.41, 5.74) is 1.39. The Bertz CT molecular complexity index is 512. The minimum absolute atomic E-state index is 0.498. The quantitative estimate of drug-likeness (QED) is 0.865. The maximum atomic E-state index is 12.0. The van der Waals surface area contributed by atoms with Gasteiger partial charge in [-0.1, -0.05) is 0 Å². The lowest BCUT2D eigenvalue weighted by Crippen LogP contribution is -2.33. The van der Waals surface area contributed by atoms with Crippen LogP contribution in [0.4, 0.5) is 5.69 Å². The second-order valence-electron chi connectivity index (χ2n) is 4.04. The van der Waals surface area contributed by atoms with Crippen molar-refractivity contribution in [3.05, 3.63) is 22.4 Å². The summed E-state index contributed by atoms with van der Waals surface area (Å²) in [6.07, 6.45) is 3.36. The van der Waals surface area contributed by atoms with Gasteiger partial charge in [0.25, 0.3) is 0 Å². The van der Waals surface area contributed by atoms with Crippen molar-refractivity contribution >= 4 is 31.8 Å². The standard InChI is InChI=1S/C10H14BrN3O2S/c1-8-6-9(7-12-10(8)11)13-17(15,16)14-4-2-3-5-14/h6-7,13H,2-5H2,1H3. The van der Waals surface area contributed by atoms with E-state index in [9.17, 15) is 8.42 Å². The number of pyridine rings is 1. The van der Waals surface area contributed by atoms with Gasteiger partial charge >= 0.3 is 10.2 Å². The topological polar surface area (TPSA) is 62.3 Å². The Kier molecular flexibility index (Phi) is 3.70. The fourth-order valence-electron chi connectivity index (χ4n) is 1.76. The average Bonchev–Trinajstić information content (AvgIpc) is 2.77. The molecule has 17 heavy (non-hydrogen) atoms. The van der Waals surface area contributed by atoms with Gasteiger partial charge in [0.05, 0.1) is 11.9 Å². The van der Waals surface area contributed by atoms with Crippen LogP contribution in [-0.2, 0) is 10.2 Å². The van der Waals surface area contributed by atoms with Crippen molar-refractivity contribution in [3.8, 4) is 0 Å². The largest absolute Gasteiger partial charge is 0.301 e. The van der Waals surface area contributed by atoms with Gasteiger partial charge in [0.1, 0.15) is 4.60 Å². The van der Waals surface area contributed by atoms with Gasteiger partial charge in [0.15, 0.2) is 0 Å². The zero-order valence-electron chi connectivity index (χ0n) is 9.48. The first-order valence-electron chi connectivity index (χ1n) is 5.39. The van der Waals surface area contributed by atoms with Gasteiger partial charge in [0.2, 0.25) is 0 Å². The molecule has 1 aliphatic heterocycles. The third-order valence-corrected chi connectivity index (χ3v) is 5.03. The summed E-state index contributed by atoms with van der Waals surface area (Å²) in [6.45, 7) is 3.06. The molecule has 7 heteroatoms. The van der Waals surface area contributed by atoms with Crippen molar-refractivity contribution in [3.63, 3.8) is 0 Å². The van der Waals surface area contributed by atoms with Crippen LogP contribution in [0.5, 0.6) is 0 Å². The predicted molar refractivity (Wildman–Crippen MR) is 70.0 cm³/mol. The Morgan fingerprint density at radius 2 is 2.06 bits per heavy atom. The van der Waals surface area contributed by atoms with Gasteiger partial charge in [-0.3, -0.25) is 4.72 Å². The second kappa shape index (κ2) is 4.91. The second-order valence-corrected chi connectivity index (χ2v) is 6.47. The Morgan fingerprint density at radius 1 is 1.41 bits per heavy atom. The van der Waals surface area contributed by atoms with Crippen LogP contribution in [-0.4, -0.2) is 30.8 Å². The van der Waals surface area contributed by atoms with Crippen molar-refractivity contribution < 1.29 is 8.42 Å². The molecule has 1 N–H and O–H groups in total. The van der Waals surface area contributed by atoms with E-state index in [1.807, 2.05) is 6.92 Å². The molecule has 0 saturated carbocycles. The molecule has 5 nitrogen and oxygen atoms in total. The van der Waals surface area contributed by atoms with E-state index in [0.717, 1.165) is 23.0 Å². The molecule has 1 aromatic rings. The predicted octanol–water partition coefficient (Wildman–Crippen LogP) is 1.91. The number of halogens is 1. The number of aromatic nitrogens is 1. The van der Waals surface area contributed by atoms with Crippen LogP contribution in [0.15, 0.2) is 16.9 Å². The molecule has 0 radical (unpaired) electrons. The van der Waals surface area contributed by atoms with Crippen molar-refractivity contribution in [2.24, 2.45) is 0 Å². The first-order valence-corrected chi connectivity index (χ1v) is 7.62. The maximum absolute atomic E-state index is 12.0. The lowest BCUT2D eigenvalue weighted by molar-refractivity contribution is 0.482. The normalized spacial score (nSPS) is 17.3. The molecule has 94 valence electrons. The fourth-order valence-corrected chi connectivity index (χ4v) is 3.25. The molecule has 0 bridgehead atoms. The molecule has 1 saturated heterocycles. The number of hydrogen-bond acceptors (Lipinski definition) is 3. The molecule has 0 aliphatic carbocycles. The third-order valence-electron chi connectivity index (χ3n) is 2.67. The van der Waals surface area contributed by atoms with E-state index < -0.39 is 10.2 Å². The molecule has 2 rings (SSSR count). The summed E-state index contributed by atoms with van der Waals surface area (Å²) in [7, 11) is -3.41. The van der Waals surface area contributed by atoms with E-state index >= 15 is 0 Å². The smallest absolute Gasteiger partial charge is 0.269 e. The van der Waals surface area contributed by atoms with Crippen LogP contribution in [0.1, 0.15) is 18.4 Å². The van der Waals surface area contributed by atoms with Gasteiger partial charge in [-0.15, -0.1) is 0 Å². The number of rotatable bonds is 3. The SMILES string of the molecule is Cc1cc(NS(=O)(=O)N2CCCC2)cnc1Br. The first kappa shape index (κ1) is 12.8. The van der Waals surface area contributed by atoms with Crippen LogP contribution in [0.2, 0.25) is 0 Å². The highest BCUT2D eigenvalue weighted by Gasteiger charge is 2.25. The van der Waals surface area contributed by atoms with Gasteiger partial charge in [-0.25, -0.2) is 4.98 Å². The number of hydrogen-bond donors (Lipinski definition) is 1. The number of nitrogens with zero attached hydrogens (tertiary/aromatic N) is 2. The van der Waals surface area contributed by atoms with E-state index in [0.29, 0.717) is 18.8 Å². The molecule has 1 aromatic heterocycles. The van der Waals surface area contributed by atoms with Gasteiger partial charge in [0, 0.05) is 13.1 Å². The average molecular weight is 320 g/mol. The molecule has 1 fully saturated rings. The van der Waals surface area contributed by atoms with E-state index in [1.54, 1.807) is 6.07 Å². The number of aryl methyl sites for hydroxylation is 1. The monoisotopic (exact) mass is 319 g/mol. The van der Waals surface area contributed by atoms with E-state index in [2.05, 4.69) is 25.6 Å². The minimum Gasteiger partial charge on any atom is -0.269 e. The van der Waals surface area contributed by atoms with Crippen LogP contribution in [0.3, 0.4) is 0 Å². The van der Waals surface area contributed by atoms with E-state index in [1.165, 1.54) is 10.5 Å². The third kappa shape index (κ3) is 2.97. The number of nitrogens with one attached hydrogen (secondary N) is 1. The molecule has 0 amide bonds. The summed E-state index contributed by atoms with van der Waals surface area (Å²) in [4.78, 5) is 4.06. The lowest BCUT2D eigenvalue weighted by Gasteiger charge is -2.16. The zero-order valence-corrected chi connectivity index (χ0v) is 11.9. The fraction of sp³-hybridized carbons (Fsp3) is 0.500. The summed E-state index contributed by atoms with van der Waals surface area (Å²) in [5.74, 6) is 0. The highest BCUT2D eigenvalue weighted by molar-refractivity contribution is 9.10. The van der Waals surface area contributed by atoms with Crippen molar-refractivity contribution in [1.29, 1.82) is 0 Å². The Morgan fingerprint density at radius 3 is 2.65 bits per heavy atom. The van der Waals surface area contributed by atoms with Crippen LogP contribution in [0.25, 0.3) is 0 Å². The summed E-state index contributed by atoms with van der Waals surface area (Å²) < 4.78 is 28.7. The van der Waals surface area contributed by atoms with Gasteiger partial charge in [-0.2, -0.15) is 12.7 Å². The summed E-state index contributed by atoms with van der Waals surface area (Å²) in [6, 6.07) is 1.75. The van der Waals surface area contributed by atoms with Crippen molar-refractivity contribution in [1.82, 2.24) is 9.29 Å². The molecule has 0 spiro atoms. The molecular formula is C10H14BrN3O2S. The highest BCUT2D eigenvalue weighted by Crippen LogP contribution is 2.20.